The summed E-state index contributed by atoms with van der Waals surface area (Å²) in [5.74, 6) is 2.12. The van der Waals surface area contributed by atoms with Crippen molar-refractivity contribution >= 4 is 16.8 Å². The standard InChI is InChI=1S/C19H18N2O4/c1-23-13-5-6-15-16(10-13)21-8-7-17(15)25-14-4-3-12(9-19(20)22)18(11-14)24-2/h3-8,10-11H,9H2,1-2H3,(H2,20,22). The number of carbonyl (C=O) groups excluding carboxylic acids is 1. The molecule has 3 aromatic rings. The number of nitrogens with zero attached hydrogens (tertiary/aromatic N) is 1. The van der Waals surface area contributed by atoms with Crippen molar-refractivity contribution in [1.82, 2.24) is 4.98 Å². The van der Waals surface area contributed by atoms with Crippen LogP contribution in [-0.4, -0.2) is 25.1 Å². The molecule has 0 bridgehead atoms. The third-order valence-electron chi connectivity index (χ3n) is 3.76. The zero-order valence-corrected chi connectivity index (χ0v) is 14.0. The van der Waals surface area contributed by atoms with Crippen molar-refractivity contribution in [3.63, 3.8) is 0 Å². The summed E-state index contributed by atoms with van der Waals surface area (Å²) in [6.45, 7) is 0. The molecule has 128 valence electrons. The molecule has 25 heavy (non-hydrogen) atoms. The van der Waals surface area contributed by atoms with E-state index < -0.39 is 5.91 Å². The molecule has 0 atom stereocenters. The molecular formula is C19H18N2O4. The summed E-state index contributed by atoms with van der Waals surface area (Å²) < 4.78 is 16.5. The molecule has 6 heteroatoms. The van der Waals surface area contributed by atoms with Crippen LogP contribution < -0.4 is 19.9 Å². The predicted molar refractivity (Wildman–Crippen MR) is 94.3 cm³/mol. The molecule has 0 aliphatic carbocycles. The van der Waals surface area contributed by atoms with Gasteiger partial charge in [0, 0.05) is 29.3 Å². The molecule has 6 nitrogen and oxygen atoms in total. The van der Waals surface area contributed by atoms with E-state index in [9.17, 15) is 4.79 Å². The average molecular weight is 338 g/mol. The maximum absolute atomic E-state index is 11.1. The van der Waals surface area contributed by atoms with E-state index in [2.05, 4.69) is 4.98 Å². The molecule has 1 amide bonds. The van der Waals surface area contributed by atoms with Crippen LogP contribution in [0.25, 0.3) is 10.9 Å². The Labute approximate surface area is 145 Å². The Morgan fingerprint density at radius 1 is 1.00 bits per heavy atom. The summed E-state index contributed by atoms with van der Waals surface area (Å²) in [4.78, 5) is 15.5. The highest BCUT2D eigenvalue weighted by atomic mass is 16.5. The predicted octanol–water partition coefficient (Wildman–Crippen LogP) is 3.07. The summed E-state index contributed by atoms with van der Waals surface area (Å²) in [6, 6.07) is 12.7. The normalized spacial score (nSPS) is 10.5. The summed E-state index contributed by atoms with van der Waals surface area (Å²) in [5, 5.41) is 0.864. The molecule has 0 unspecified atom stereocenters. The van der Waals surface area contributed by atoms with Gasteiger partial charge in [0.15, 0.2) is 0 Å². The number of ether oxygens (including phenoxy) is 3. The molecule has 2 N–H and O–H groups in total. The minimum absolute atomic E-state index is 0.113. The van der Waals surface area contributed by atoms with Crippen LogP contribution in [0.2, 0.25) is 0 Å². The van der Waals surface area contributed by atoms with Crippen LogP contribution in [0.5, 0.6) is 23.0 Å². The Kier molecular flexibility index (Phi) is 4.70. The minimum Gasteiger partial charge on any atom is -0.497 e. The van der Waals surface area contributed by atoms with Crippen molar-refractivity contribution in [3.8, 4) is 23.0 Å². The highest BCUT2D eigenvalue weighted by Crippen LogP contribution is 2.33. The lowest BCUT2D eigenvalue weighted by molar-refractivity contribution is -0.117. The van der Waals surface area contributed by atoms with Crippen LogP contribution >= 0.6 is 0 Å². The van der Waals surface area contributed by atoms with Crippen molar-refractivity contribution in [2.75, 3.05) is 14.2 Å². The molecule has 0 spiro atoms. The summed E-state index contributed by atoms with van der Waals surface area (Å²) in [7, 11) is 3.15. The average Bonchev–Trinajstić information content (AvgIpc) is 2.62. The van der Waals surface area contributed by atoms with Crippen LogP contribution in [-0.2, 0) is 11.2 Å². The van der Waals surface area contributed by atoms with Gasteiger partial charge < -0.3 is 19.9 Å². The highest BCUT2D eigenvalue weighted by molar-refractivity contribution is 5.86. The zero-order chi connectivity index (χ0) is 17.8. The Morgan fingerprint density at radius 3 is 2.52 bits per heavy atom. The molecule has 0 saturated heterocycles. The van der Waals surface area contributed by atoms with E-state index in [1.807, 2.05) is 18.2 Å². The minimum atomic E-state index is -0.416. The smallest absolute Gasteiger partial charge is 0.221 e. The van der Waals surface area contributed by atoms with E-state index in [1.54, 1.807) is 37.6 Å². The van der Waals surface area contributed by atoms with Gasteiger partial charge in [-0.1, -0.05) is 6.07 Å². The van der Waals surface area contributed by atoms with Crippen molar-refractivity contribution in [3.05, 3.63) is 54.2 Å². The van der Waals surface area contributed by atoms with E-state index >= 15 is 0 Å². The lowest BCUT2D eigenvalue weighted by Crippen LogP contribution is -2.14. The van der Waals surface area contributed by atoms with Crippen molar-refractivity contribution < 1.29 is 19.0 Å². The van der Waals surface area contributed by atoms with Gasteiger partial charge in [0.1, 0.15) is 23.0 Å². The maximum atomic E-state index is 11.1. The van der Waals surface area contributed by atoms with E-state index in [0.717, 1.165) is 16.7 Å². The zero-order valence-electron chi connectivity index (χ0n) is 14.0. The first-order chi connectivity index (χ1) is 12.1. The SMILES string of the molecule is COc1ccc2c(Oc3ccc(CC(N)=O)c(OC)c3)ccnc2c1. The number of benzene rings is 2. The molecule has 0 fully saturated rings. The van der Waals surface area contributed by atoms with Gasteiger partial charge in [0.05, 0.1) is 26.2 Å². The van der Waals surface area contributed by atoms with Crippen LogP contribution in [0.3, 0.4) is 0 Å². The number of fused-ring (bicyclic) bond motifs is 1. The third-order valence-corrected chi connectivity index (χ3v) is 3.76. The highest BCUT2D eigenvalue weighted by Gasteiger charge is 2.10. The van der Waals surface area contributed by atoms with E-state index in [4.69, 9.17) is 19.9 Å². The van der Waals surface area contributed by atoms with E-state index in [-0.39, 0.29) is 6.42 Å². The lowest BCUT2D eigenvalue weighted by Gasteiger charge is -2.12. The molecule has 0 saturated carbocycles. The lowest BCUT2D eigenvalue weighted by atomic mass is 10.1. The first-order valence-electron chi connectivity index (χ1n) is 7.66. The van der Waals surface area contributed by atoms with Gasteiger partial charge in [0.25, 0.3) is 0 Å². The van der Waals surface area contributed by atoms with E-state index in [1.165, 1.54) is 7.11 Å². The van der Waals surface area contributed by atoms with E-state index in [0.29, 0.717) is 22.8 Å². The van der Waals surface area contributed by atoms with Crippen LogP contribution in [0.1, 0.15) is 5.56 Å². The molecule has 2 aromatic carbocycles. The molecular weight excluding hydrogens is 320 g/mol. The van der Waals surface area contributed by atoms with Gasteiger partial charge in [0.2, 0.25) is 5.91 Å². The molecule has 0 radical (unpaired) electrons. The Balaban J connectivity index is 1.94. The largest absolute Gasteiger partial charge is 0.497 e. The molecule has 1 aromatic heterocycles. The number of methoxy groups -OCH3 is 2. The Bertz CT molecular complexity index is 924. The Morgan fingerprint density at radius 2 is 1.80 bits per heavy atom. The van der Waals surface area contributed by atoms with Gasteiger partial charge in [-0.05, 0) is 24.3 Å². The molecule has 0 aliphatic heterocycles. The number of nitrogens with two attached hydrogens (primary N) is 1. The molecule has 1 heterocycles. The van der Waals surface area contributed by atoms with Gasteiger partial charge >= 0.3 is 0 Å². The number of hydrogen-bond acceptors (Lipinski definition) is 5. The van der Waals surface area contributed by atoms with Crippen LogP contribution in [0.4, 0.5) is 0 Å². The summed E-state index contributed by atoms with van der Waals surface area (Å²) in [6.07, 6.45) is 1.79. The van der Waals surface area contributed by atoms with Gasteiger partial charge in [-0.15, -0.1) is 0 Å². The van der Waals surface area contributed by atoms with Crippen molar-refractivity contribution in [1.29, 1.82) is 0 Å². The summed E-state index contributed by atoms with van der Waals surface area (Å²) >= 11 is 0. The third kappa shape index (κ3) is 3.63. The molecule has 0 aliphatic rings. The number of pyridine rings is 1. The van der Waals surface area contributed by atoms with Gasteiger partial charge in [-0.2, -0.15) is 0 Å². The number of hydrogen-bond donors (Lipinski definition) is 1. The number of aromatic nitrogens is 1. The molecule has 3 rings (SSSR count). The van der Waals surface area contributed by atoms with Crippen molar-refractivity contribution in [2.24, 2.45) is 5.73 Å². The fourth-order valence-corrected chi connectivity index (χ4v) is 2.57. The number of rotatable bonds is 6. The summed E-state index contributed by atoms with van der Waals surface area (Å²) in [5.41, 5.74) is 6.74. The van der Waals surface area contributed by atoms with Crippen molar-refractivity contribution in [2.45, 2.75) is 6.42 Å². The fraction of sp³-hybridized carbons (Fsp3) is 0.158. The van der Waals surface area contributed by atoms with Gasteiger partial charge in [-0.3, -0.25) is 9.78 Å². The second-order valence-electron chi connectivity index (χ2n) is 5.41. The number of carbonyl (C=O) groups is 1. The topological polar surface area (TPSA) is 83.7 Å². The first kappa shape index (κ1) is 16.6. The van der Waals surface area contributed by atoms with Crippen LogP contribution in [0.15, 0.2) is 48.7 Å². The first-order valence-corrected chi connectivity index (χ1v) is 7.66. The monoisotopic (exact) mass is 338 g/mol. The Hall–Kier alpha value is -3.28. The second kappa shape index (κ2) is 7.09. The quantitative estimate of drug-likeness (QED) is 0.747. The van der Waals surface area contributed by atoms with Crippen LogP contribution in [0, 0.1) is 0 Å². The number of amides is 1. The number of primary amides is 1. The maximum Gasteiger partial charge on any atom is 0.221 e. The fourth-order valence-electron chi connectivity index (χ4n) is 2.57. The second-order valence-corrected chi connectivity index (χ2v) is 5.41. The van der Waals surface area contributed by atoms with Gasteiger partial charge in [-0.25, -0.2) is 0 Å².